The van der Waals surface area contributed by atoms with E-state index < -0.39 is 0 Å². The maximum atomic E-state index is 4.43. The molecule has 4 nitrogen and oxygen atoms in total. The van der Waals surface area contributed by atoms with Crippen LogP contribution in [0.1, 0.15) is 25.7 Å². The summed E-state index contributed by atoms with van der Waals surface area (Å²) in [6, 6.07) is 3.14. The average Bonchev–Trinajstić information content (AvgIpc) is 2.98. The van der Waals surface area contributed by atoms with Crippen molar-refractivity contribution in [1.29, 1.82) is 0 Å². The van der Waals surface area contributed by atoms with Crippen molar-refractivity contribution < 1.29 is 0 Å². The fourth-order valence-corrected chi connectivity index (χ4v) is 1.79. The summed E-state index contributed by atoms with van der Waals surface area (Å²) in [7, 11) is 0. The Kier molecular flexibility index (Phi) is 2.27. The first-order valence-electron chi connectivity index (χ1n) is 5.37. The molecule has 0 radical (unpaired) electrons. The Labute approximate surface area is 97.0 Å². The summed E-state index contributed by atoms with van der Waals surface area (Å²) in [5, 5.41) is 6.67. The average molecular weight is 269 g/mol. The van der Waals surface area contributed by atoms with Gasteiger partial charge in [0.25, 0.3) is 0 Å². The Bertz CT molecular complexity index is 341. The summed E-state index contributed by atoms with van der Waals surface area (Å²) in [6.45, 7) is 0. The molecule has 3 rings (SSSR count). The molecule has 2 fully saturated rings. The standard InChI is InChI=1S/C10H13BrN4/c11-8-5-9(12-6-1-2-6)15-10(14-8)13-7-3-4-7/h5-7H,1-4H2,(H2,12,13,14,15). The second-order valence-corrected chi connectivity index (χ2v) is 5.05. The van der Waals surface area contributed by atoms with Crippen LogP contribution in [0.4, 0.5) is 11.8 Å². The molecule has 2 aliphatic rings. The van der Waals surface area contributed by atoms with Crippen molar-refractivity contribution in [1.82, 2.24) is 9.97 Å². The Morgan fingerprint density at radius 2 is 1.73 bits per heavy atom. The van der Waals surface area contributed by atoms with E-state index in [1.54, 1.807) is 0 Å². The molecule has 1 aromatic heterocycles. The fourth-order valence-electron chi connectivity index (χ4n) is 1.40. The van der Waals surface area contributed by atoms with E-state index in [1.165, 1.54) is 25.7 Å². The molecule has 2 N–H and O–H groups in total. The van der Waals surface area contributed by atoms with Gasteiger partial charge in [-0.2, -0.15) is 4.98 Å². The molecule has 0 atom stereocenters. The molecule has 0 amide bonds. The van der Waals surface area contributed by atoms with Crippen LogP contribution in [0.25, 0.3) is 0 Å². The molecule has 0 aromatic carbocycles. The van der Waals surface area contributed by atoms with Gasteiger partial charge in [-0.1, -0.05) is 0 Å². The number of halogens is 1. The number of hydrogen-bond donors (Lipinski definition) is 2. The van der Waals surface area contributed by atoms with E-state index in [0.717, 1.165) is 16.4 Å². The maximum absolute atomic E-state index is 4.43. The summed E-state index contributed by atoms with van der Waals surface area (Å²) in [5.41, 5.74) is 0. The molecule has 0 unspecified atom stereocenters. The number of anilines is 2. The molecule has 5 heteroatoms. The van der Waals surface area contributed by atoms with Crippen molar-refractivity contribution in [3.05, 3.63) is 10.7 Å². The minimum Gasteiger partial charge on any atom is -0.367 e. The summed E-state index contributed by atoms with van der Waals surface area (Å²) in [4.78, 5) is 8.73. The van der Waals surface area contributed by atoms with Gasteiger partial charge in [0.2, 0.25) is 5.95 Å². The zero-order valence-electron chi connectivity index (χ0n) is 8.33. The molecular weight excluding hydrogens is 256 g/mol. The predicted molar refractivity (Wildman–Crippen MR) is 63.0 cm³/mol. The van der Waals surface area contributed by atoms with Crippen molar-refractivity contribution in [3.63, 3.8) is 0 Å². The third-order valence-electron chi connectivity index (χ3n) is 2.53. The lowest BCUT2D eigenvalue weighted by Crippen LogP contribution is -2.09. The van der Waals surface area contributed by atoms with E-state index in [9.17, 15) is 0 Å². The van der Waals surface area contributed by atoms with E-state index in [0.29, 0.717) is 12.1 Å². The summed E-state index contributed by atoms with van der Waals surface area (Å²) < 4.78 is 0.837. The van der Waals surface area contributed by atoms with E-state index in [1.807, 2.05) is 6.07 Å². The highest BCUT2D eigenvalue weighted by atomic mass is 79.9. The van der Waals surface area contributed by atoms with Crippen LogP contribution in [-0.2, 0) is 0 Å². The Balaban J connectivity index is 1.76. The minimum atomic E-state index is 0.591. The smallest absolute Gasteiger partial charge is 0.225 e. The Morgan fingerprint density at radius 1 is 1.07 bits per heavy atom. The maximum Gasteiger partial charge on any atom is 0.225 e. The zero-order chi connectivity index (χ0) is 10.3. The molecular formula is C10H13BrN4. The summed E-state index contributed by atoms with van der Waals surface area (Å²) in [6.07, 6.45) is 4.99. The van der Waals surface area contributed by atoms with Gasteiger partial charge < -0.3 is 10.6 Å². The van der Waals surface area contributed by atoms with E-state index >= 15 is 0 Å². The first-order chi connectivity index (χ1) is 7.29. The topological polar surface area (TPSA) is 49.8 Å². The molecule has 1 heterocycles. The number of hydrogen-bond acceptors (Lipinski definition) is 4. The van der Waals surface area contributed by atoms with Crippen molar-refractivity contribution in [2.24, 2.45) is 0 Å². The van der Waals surface area contributed by atoms with Crippen LogP contribution >= 0.6 is 15.9 Å². The van der Waals surface area contributed by atoms with Crippen LogP contribution in [0.2, 0.25) is 0 Å². The van der Waals surface area contributed by atoms with Crippen molar-refractivity contribution in [2.75, 3.05) is 10.6 Å². The largest absolute Gasteiger partial charge is 0.367 e. The van der Waals surface area contributed by atoms with Crippen molar-refractivity contribution in [3.8, 4) is 0 Å². The number of nitrogens with zero attached hydrogens (tertiary/aromatic N) is 2. The van der Waals surface area contributed by atoms with Gasteiger partial charge in [0, 0.05) is 18.2 Å². The van der Waals surface area contributed by atoms with Crippen LogP contribution in [0.15, 0.2) is 10.7 Å². The number of rotatable bonds is 4. The van der Waals surface area contributed by atoms with Gasteiger partial charge in [0.05, 0.1) is 0 Å². The second kappa shape index (κ2) is 3.63. The molecule has 0 bridgehead atoms. The second-order valence-electron chi connectivity index (χ2n) is 4.24. The van der Waals surface area contributed by atoms with E-state index in [2.05, 4.69) is 36.5 Å². The van der Waals surface area contributed by atoms with Gasteiger partial charge in [0.1, 0.15) is 10.4 Å². The first kappa shape index (κ1) is 9.39. The van der Waals surface area contributed by atoms with Crippen molar-refractivity contribution in [2.45, 2.75) is 37.8 Å². The molecule has 80 valence electrons. The molecule has 2 aliphatic carbocycles. The third kappa shape index (κ3) is 2.59. The predicted octanol–water partition coefficient (Wildman–Crippen LogP) is 2.39. The minimum absolute atomic E-state index is 0.591. The molecule has 0 saturated heterocycles. The lowest BCUT2D eigenvalue weighted by Gasteiger charge is -2.07. The normalized spacial score (nSPS) is 20.1. The van der Waals surface area contributed by atoms with Crippen LogP contribution in [-0.4, -0.2) is 22.1 Å². The fraction of sp³-hybridized carbons (Fsp3) is 0.600. The van der Waals surface area contributed by atoms with Gasteiger partial charge in [-0.15, -0.1) is 0 Å². The van der Waals surface area contributed by atoms with Crippen LogP contribution < -0.4 is 10.6 Å². The monoisotopic (exact) mass is 268 g/mol. The third-order valence-corrected chi connectivity index (χ3v) is 2.94. The van der Waals surface area contributed by atoms with E-state index in [4.69, 9.17) is 0 Å². The summed E-state index contributed by atoms with van der Waals surface area (Å²) in [5.74, 6) is 1.65. The van der Waals surface area contributed by atoms with Crippen molar-refractivity contribution >= 4 is 27.7 Å². The zero-order valence-corrected chi connectivity index (χ0v) is 9.92. The SMILES string of the molecule is Brc1cc(NC2CC2)nc(NC2CC2)n1. The van der Waals surface area contributed by atoms with Crippen LogP contribution in [0.5, 0.6) is 0 Å². The highest BCUT2D eigenvalue weighted by Gasteiger charge is 2.24. The molecule has 0 spiro atoms. The Hall–Kier alpha value is -0.840. The van der Waals surface area contributed by atoms with Gasteiger partial charge in [-0.3, -0.25) is 0 Å². The van der Waals surface area contributed by atoms with Gasteiger partial charge in [0.15, 0.2) is 0 Å². The molecule has 1 aromatic rings. The van der Waals surface area contributed by atoms with Gasteiger partial charge >= 0.3 is 0 Å². The summed E-state index contributed by atoms with van der Waals surface area (Å²) >= 11 is 3.40. The lowest BCUT2D eigenvalue weighted by atomic mass is 10.5. The number of aromatic nitrogens is 2. The Morgan fingerprint density at radius 3 is 2.40 bits per heavy atom. The van der Waals surface area contributed by atoms with Gasteiger partial charge in [-0.25, -0.2) is 4.98 Å². The quantitative estimate of drug-likeness (QED) is 0.824. The van der Waals surface area contributed by atoms with Crippen LogP contribution in [0.3, 0.4) is 0 Å². The van der Waals surface area contributed by atoms with Crippen LogP contribution in [0, 0.1) is 0 Å². The molecule has 0 aliphatic heterocycles. The lowest BCUT2D eigenvalue weighted by molar-refractivity contribution is 1.02. The highest BCUT2D eigenvalue weighted by Crippen LogP contribution is 2.27. The van der Waals surface area contributed by atoms with Gasteiger partial charge in [-0.05, 0) is 41.6 Å². The first-order valence-corrected chi connectivity index (χ1v) is 6.16. The molecule has 2 saturated carbocycles. The van der Waals surface area contributed by atoms with E-state index in [-0.39, 0.29) is 0 Å². The molecule has 15 heavy (non-hydrogen) atoms. The number of nitrogens with one attached hydrogen (secondary N) is 2. The highest BCUT2D eigenvalue weighted by molar-refractivity contribution is 9.10.